The number of aliphatic carboxylic acids is 1. The van der Waals surface area contributed by atoms with Crippen LogP contribution in [-0.2, 0) is 11.3 Å². The van der Waals surface area contributed by atoms with Gasteiger partial charge in [0.05, 0.1) is 12.1 Å². The molecule has 212 valence electrons. The van der Waals surface area contributed by atoms with Gasteiger partial charge in [-0.3, -0.25) is 4.90 Å². The summed E-state index contributed by atoms with van der Waals surface area (Å²) in [6.07, 6.45) is 1.67. The number of hydrogen-bond acceptors (Lipinski definition) is 4. The van der Waals surface area contributed by atoms with E-state index in [1.165, 1.54) is 37.7 Å². The lowest BCUT2D eigenvalue weighted by Gasteiger charge is -2.41. The highest BCUT2D eigenvalue weighted by molar-refractivity contribution is 5.95. The van der Waals surface area contributed by atoms with Gasteiger partial charge in [0.2, 0.25) is 0 Å². The van der Waals surface area contributed by atoms with Crippen molar-refractivity contribution in [1.82, 2.24) is 9.80 Å². The van der Waals surface area contributed by atoms with E-state index in [4.69, 9.17) is 14.9 Å². The molecule has 0 spiro atoms. The number of nitrogens with zero attached hydrogens (tertiary/aromatic N) is 3. The van der Waals surface area contributed by atoms with Crippen molar-refractivity contribution in [2.24, 2.45) is 4.99 Å². The van der Waals surface area contributed by atoms with Crippen LogP contribution in [0, 0.1) is 6.92 Å². The maximum absolute atomic E-state index is 11.4. The lowest BCUT2D eigenvalue weighted by molar-refractivity contribution is -0.192. The number of aliphatic imine (C=N–C) groups is 1. The lowest BCUT2D eigenvalue weighted by atomic mass is 9.94. The van der Waals surface area contributed by atoms with Gasteiger partial charge in [0.15, 0.2) is 5.96 Å². The second-order valence-corrected chi connectivity index (χ2v) is 9.75. The summed E-state index contributed by atoms with van der Waals surface area (Å²) in [5, 5.41) is 19.9. The third kappa shape index (κ3) is 9.58. The number of guanidine groups is 1. The number of carboxylic acid groups (broad SMARTS) is 2. The number of nitrogens with one attached hydrogen (secondary N) is 1. The van der Waals surface area contributed by atoms with E-state index in [0.29, 0.717) is 6.54 Å². The highest BCUT2D eigenvalue weighted by atomic mass is 19.4. The molecule has 3 N–H and O–H groups in total. The number of aryl methyl sites for hydroxylation is 1. The van der Waals surface area contributed by atoms with E-state index in [1.54, 1.807) is 18.2 Å². The van der Waals surface area contributed by atoms with E-state index in [2.05, 4.69) is 46.3 Å². The van der Waals surface area contributed by atoms with E-state index < -0.39 is 18.1 Å². The minimum atomic E-state index is -5.08. The summed E-state index contributed by atoms with van der Waals surface area (Å²) in [6, 6.07) is 16.1. The average Bonchev–Trinajstić information content (AvgIpc) is 2.92. The Bertz CT molecular complexity index is 1120. The van der Waals surface area contributed by atoms with Crippen molar-refractivity contribution < 1.29 is 33.0 Å². The Morgan fingerprint density at radius 2 is 1.59 bits per heavy atom. The number of carboxylic acids is 2. The predicted molar refractivity (Wildman–Crippen MR) is 143 cm³/mol. The topological polar surface area (TPSA) is 105 Å². The third-order valence-corrected chi connectivity index (χ3v) is 6.85. The Kier molecular flexibility index (Phi) is 10.7. The summed E-state index contributed by atoms with van der Waals surface area (Å²) in [7, 11) is 0. The Hall–Kier alpha value is -3.60. The standard InChI is InChI=1S/C26H34N4O2.C2HF3O2/c1-20-10-12-21(13-11-20)19-27-26(28-23-7-5-6-22(18-23)25(31)32)30-16-14-29(15-17-30)24-8-3-2-4-9-24;3-2(4,5)1(6)7/h5-7,10-13,18,24H,2-4,8-9,14-17,19H2,1H3,(H,27,28)(H,31,32);(H,6,7). The van der Waals surface area contributed by atoms with Gasteiger partial charge in [-0.25, -0.2) is 14.6 Å². The lowest BCUT2D eigenvalue weighted by Crippen LogP contribution is -2.53. The van der Waals surface area contributed by atoms with Gasteiger partial charge < -0.3 is 20.4 Å². The molecule has 39 heavy (non-hydrogen) atoms. The molecule has 0 unspecified atom stereocenters. The molecular formula is C28H35F3N4O4. The van der Waals surface area contributed by atoms with Crippen LogP contribution in [0.3, 0.4) is 0 Å². The maximum Gasteiger partial charge on any atom is 0.490 e. The highest BCUT2D eigenvalue weighted by Crippen LogP contribution is 2.24. The number of benzene rings is 2. The van der Waals surface area contributed by atoms with Crippen molar-refractivity contribution in [2.45, 2.75) is 57.8 Å². The second kappa shape index (κ2) is 14.0. The number of halogens is 3. The monoisotopic (exact) mass is 548 g/mol. The van der Waals surface area contributed by atoms with E-state index in [-0.39, 0.29) is 5.56 Å². The van der Waals surface area contributed by atoms with E-state index in [0.717, 1.165) is 49.4 Å². The average molecular weight is 549 g/mol. The van der Waals surface area contributed by atoms with Gasteiger partial charge in [0.1, 0.15) is 0 Å². The molecule has 1 heterocycles. The normalized spacial score (nSPS) is 17.2. The molecule has 2 aromatic carbocycles. The van der Waals surface area contributed by atoms with Crippen molar-refractivity contribution in [2.75, 3.05) is 31.5 Å². The fraction of sp³-hybridized carbons (Fsp3) is 0.464. The highest BCUT2D eigenvalue weighted by Gasteiger charge is 2.38. The zero-order valence-corrected chi connectivity index (χ0v) is 22.0. The van der Waals surface area contributed by atoms with Crippen LogP contribution < -0.4 is 5.32 Å². The fourth-order valence-corrected chi connectivity index (χ4v) is 4.68. The molecule has 1 aliphatic heterocycles. The minimum absolute atomic E-state index is 0.273. The third-order valence-electron chi connectivity index (χ3n) is 6.85. The summed E-state index contributed by atoms with van der Waals surface area (Å²) < 4.78 is 31.7. The SMILES string of the molecule is Cc1ccc(CN=C(Nc2cccc(C(=O)O)c2)N2CCN(C3CCCCC3)CC2)cc1.O=C(O)C(F)(F)F. The van der Waals surface area contributed by atoms with Crippen LogP contribution in [0.5, 0.6) is 0 Å². The summed E-state index contributed by atoms with van der Waals surface area (Å²) >= 11 is 0. The Morgan fingerprint density at radius 3 is 2.15 bits per heavy atom. The summed E-state index contributed by atoms with van der Waals surface area (Å²) in [4.78, 5) is 30.2. The van der Waals surface area contributed by atoms with Crippen molar-refractivity contribution in [3.63, 3.8) is 0 Å². The number of hydrogen-bond donors (Lipinski definition) is 3. The first-order chi connectivity index (χ1) is 18.5. The zero-order valence-electron chi connectivity index (χ0n) is 22.0. The van der Waals surface area contributed by atoms with Gasteiger partial charge in [-0.1, -0.05) is 55.2 Å². The van der Waals surface area contributed by atoms with Crippen LogP contribution in [0.15, 0.2) is 53.5 Å². The van der Waals surface area contributed by atoms with Crippen LogP contribution >= 0.6 is 0 Å². The van der Waals surface area contributed by atoms with Crippen molar-refractivity contribution in [3.8, 4) is 0 Å². The molecule has 1 saturated carbocycles. The number of rotatable bonds is 5. The zero-order chi connectivity index (χ0) is 28.4. The Balaban J connectivity index is 0.000000532. The molecule has 4 rings (SSSR count). The van der Waals surface area contributed by atoms with Gasteiger partial charge >= 0.3 is 18.1 Å². The summed E-state index contributed by atoms with van der Waals surface area (Å²) in [5.74, 6) is -2.86. The van der Waals surface area contributed by atoms with Crippen molar-refractivity contribution >= 4 is 23.6 Å². The van der Waals surface area contributed by atoms with Gasteiger partial charge in [-0.15, -0.1) is 0 Å². The molecular weight excluding hydrogens is 513 g/mol. The fourth-order valence-electron chi connectivity index (χ4n) is 4.68. The molecule has 1 aliphatic carbocycles. The van der Waals surface area contributed by atoms with Crippen LogP contribution in [0.2, 0.25) is 0 Å². The molecule has 0 bridgehead atoms. The quantitative estimate of drug-likeness (QED) is 0.347. The van der Waals surface area contributed by atoms with E-state index >= 15 is 0 Å². The van der Waals surface area contributed by atoms with Gasteiger partial charge in [-0.05, 0) is 43.5 Å². The van der Waals surface area contributed by atoms with E-state index in [1.807, 2.05) is 6.07 Å². The molecule has 2 aliphatic rings. The van der Waals surface area contributed by atoms with Gasteiger partial charge in [0, 0.05) is 37.9 Å². The smallest absolute Gasteiger partial charge is 0.478 e. The number of aromatic carboxylic acids is 1. The van der Waals surface area contributed by atoms with Crippen LogP contribution in [0.4, 0.5) is 18.9 Å². The number of carbonyl (C=O) groups is 2. The van der Waals surface area contributed by atoms with E-state index in [9.17, 15) is 23.1 Å². The molecule has 0 aromatic heterocycles. The largest absolute Gasteiger partial charge is 0.490 e. The molecule has 2 aromatic rings. The molecule has 2 fully saturated rings. The van der Waals surface area contributed by atoms with Crippen LogP contribution in [0.1, 0.15) is 53.6 Å². The first kappa shape index (κ1) is 29.9. The molecule has 0 radical (unpaired) electrons. The molecule has 0 amide bonds. The number of anilines is 1. The number of piperazine rings is 1. The second-order valence-electron chi connectivity index (χ2n) is 9.75. The molecule has 1 saturated heterocycles. The molecule has 8 nitrogen and oxygen atoms in total. The first-order valence-corrected chi connectivity index (χ1v) is 13.0. The first-order valence-electron chi connectivity index (χ1n) is 13.0. The Labute approximate surface area is 226 Å². The maximum atomic E-state index is 11.4. The molecule has 0 atom stereocenters. The van der Waals surface area contributed by atoms with Crippen LogP contribution in [0.25, 0.3) is 0 Å². The minimum Gasteiger partial charge on any atom is -0.478 e. The number of alkyl halides is 3. The van der Waals surface area contributed by atoms with Crippen molar-refractivity contribution in [3.05, 3.63) is 65.2 Å². The van der Waals surface area contributed by atoms with Crippen molar-refractivity contribution in [1.29, 1.82) is 0 Å². The Morgan fingerprint density at radius 1 is 0.974 bits per heavy atom. The molecule has 11 heteroatoms. The predicted octanol–water partition coefficient (Wildman–Crippen LogP) is 5.24. The van der Waals surface area contributed by atoms with Gasteiger partial charge in [0.25, 0.3) is 0 Å². The van der Waals surface area contributed by atoms with Gasteiger partial charge in [-0.2, -0.15) is 13.2 Å². The summed E-state index contributed by atoms with van der Waals surface area (Å²) in [5.41, 5.74) is 3.42. The summed E-state index contributed by atoms with van der Waals surface area (Å²) in [6.45, 7) is 6.62. The van der Waals surface area contributed by atoms with Crippen LogP contribution in [-0.4, -0.2) is 76.3 Å².